The number of aliphatic hydroxyl groups is 4. The minimum atomic E-state index is -4.86. The molecule has 4 unspecified atom stereocenters. The number of carbonyl (C=O) groups is 1. The number of benzene rings is 1. The molecule has 11 nitrogen and oxygen atoms in total. The topological polar surface area (TPSA) is 205 Å². The zero-order valence-electron chi connectivity index (χ0n) is 17.2. The largest absolute Gasteiger partial charge is 0.507 e. The Morgan fingerprint density at radius 3 is 1.73 bits per heavy atom. The van der Waals surface area contributed by atoms with Crippen LogP contribution in [0.2, 0.25) is 0 Å². The van der Waals surface area contributed by atoms with Crippen molar-refractivity contribution in [3.8, 4) is 5.75 Å². The number of aliphatic hydroxyl groups excluding tert-OH is 4. The van der Waals surface area contributed by atoms with E-state index in [-0.39, 0.29) is 0 Å². The number of carboxylic acids is 1. The van der Waals surface area contributed by atoms with Crippen LogP contribution in [-0.2, 0) is 13.9 Å². The van der Waals surface area contributed by atoms with Gasteiger partial charge in [0.2, 0.25) is 0 Å². The van der Waals surface area contributed by atoms with E-state index in [1.54, 1.807) is 0 Å². The Balaban J connectivity index is 0.000000579. The van der Waals surface area contributed by atoms with Gasteiger partial charge in [-0.05, 0) is 23.0 Å². The number of phosphoric acid groups is 1. The highest BCUT2D eigenvalue weighted by Crippen LogP contribution is 2.36. The van der Waals surface area contributed by atoms with Gasteiger partial charge in [-0.25, -0.2) is 9.36 Å². The first kappa shape index (κ1) is 28.4. The van der Waals surface area contributed by atoms with Crippen molar-refractivity contribution < 1.29 is 54.3 Å². The summed E-state index contributed by atoms with van der Waals surface area (Å²) in [7, 11) is -4.86. The van der Waals surface area contributed by atoms with Gasteiger partial charge in [0.25, 0.3) is 0 Å². The summed E-state index contributed by atoms with van der Waals surface area (Å²) >= 11 is 0. The Hall–Kier alpha value is -1.56. The van der Waals surface area contributed by atoms with Crippen molar-refractivity contribution in [2.75, 3.05) is 6.61 Å². The number of aliphatic carboxylic acids is 1. The third kappa shape index (κ3) is 9.50. The minimum absolute atomic E-state index is 0.388. The highest BCUT2D eigenvalue weighted by Gasteiger charge is 2.35. The first-order valence-electron chi connectivity index (χ1n) is 9.07. The van der Waals surface area contributed by atoms with E-state index in [0.717, 1.165) is 11.1 Å². The fourth-order valence-electron chi connectivity index (χ4n) is 2.34. The summed E-state index contributed by atoms with van der Waals surface area (Å²) in [5.41, 5.74) is 2.09. The third-order valence-corrected chi connectivity index (χ3v) is 4.56. The molecule has 0 spiro atoms. The van der Waals surface area contributed by atoms with Crippen LogP contribution in [0.1, 0.15) is 50.7 Å². The maximum Gasteiger partial charge on any atom is 0.469 e. The lowest BCUT2D eigenvalue weighted by atomic mass is 9.94. The summed E-state index contributed by atoms with van der Waals surface area (Å²) in [6.07, 6.45) is -8.71. The van der Waals surface area contributed by atoms with Crippen molar-refractivity contribution in [2.45, 2.75) is 63.9 Å². The van der Waals surface area contributed by atoms with E-state index in [4.69, 9.17) is 35.3 Å². The zero-order valence-corrected chi connectivity index (χ0v) is 18.0. The molecule has 8 N–H and O–H groups in total. The lowest BCUT2D eigenvalue weighted by molar-refractivity contribution is -0.164. The quantitative estimate of drug-likeness (QED) is 0.238. The number of rotatable bonds is 9. The summed E-state index contributed by atoms with van der Waals surface area (Å²) in [6.45, 7) is 7.34. The Bertz CT molecular complexity index is 690. The van der Waals surface area contributed by atoms with Crippen molar-refractivity contribution in [2.24, 2.45) is 0 Å². The summed E-state index contributed by atoms with van der Waals surface area (Å²) in [6, 6.07) is 6.00. The average molecular weight is 454 g/mol. The van der Waals surface area contributed by atoms with Gasteiger partial charge in [-0.1, -0.05) is 45.9 Å². The number of aromatic hydroxyl groups is 1. The molecule has 30 heavy (non-hydrogen) atoms. The fraction of sp³-hybridized carbons (Fsp3) is 0.611. The number of carboxylic acid groups (broad SMARTS) is 1. The summed E-state index contributed by atoms with van der Waals surface area (Å²) in [5, 5.41) is 54.4. The minimum Gasteiger partial charge on any atom is -0.507 e. The molecule has 0 aliphatic rings. The average Bonchev–Trinajstić information content (AvgIpc) is 2.63. The van der Waals surface area contributed by atoms with E-state index in [2.05, 4.69) is 32.2 Å². The maximum atomic E-state index is 10.2. The normalized spacial score (nSPS) is 15.9. The van der Waals surface area contributed by atoms with Gasteiger partial charge in [-0.3, -0.25) is 4.52 Å². The SMILES string of the molecule is CC(C)c1cccc(C(C)C)c1O.O=C(O)C(O)C(O)C(O)C(O)COP(=O)(O)O. The van der Waals surface area contributed by atoms with Gasteiger partial charge in [0.1, 0.15) is 24.1 Å². The number of hydrogen-bond donors (Lipinski definition) is 8. The summed E-state index contributed by atoms with van der Waals surface area (Å²) in [5.74, 6) is -0.579. The van der Waals surface area contributed by atoms with E-state index < -0.39 is 44.8 Å². The molecule has 0 heterocycles. The predicted octanol–water partition coefficient (Wildman–Crippen LogP) is 0.263. The fourth-order valence-corrected chi connectivity index (χ4v) is 2.69. The van der Waals surface area contributed by atoms with Gasteiger partial charge in [-0.15, -0.1) is 0 Å². The molecule has 0 saturated carbocycles. The Labute approximate surface area is 174 Å². The molecule has 0 bridgehead atoms. The van der Waals surface area contributed by atoms with Crippen LogP contribution in [0.4, 0.5) is 0 Å². The van der Waals surface area contributed by atoms with E-state index in [1.165, 1.54) is 0 Å². The van der Waals surface area contributed by atoms with Gasteiger partial charge in [0.05, 0.1) is 6.61 Å². The molecule has 0 aliphatic heterocycles. The molecular weight excluding hydrogens is 423 g/mol. The summed E-state index contributed by atoms with van der Waals surface area (Å²) in [4.78, 5) is 26.8. The summed E-state index contributed by atoms with van der Waals surface area (Å²) < 4.78 is 14.1. The molecule has 1 aromatic carbocycles. The second-order valence-electron chi connectivity index (χ2n) is 7.21. The molecule has 1 rings (SSSR count). The molecule has 0 radical (unpaired) electrons. The highest BCUT2D eigenvalue weighted by atomic mass is 31.2. The van der Waals surface area contributed by atoms with Crippen molar-refractivity contribution in [3.05, 3.63) is 29.3 Å². The van der Waals surface area contributed by atoms with Crippen molar-refractivity contribution in [1.29, 1.82) is 0 Å². The molecule has 0 fully saturated rings. The third-order valence-electron chi connectivity index (χ3n) is 4.08. The molecule has 0 aromatic heterocycles. The standard InChI is InChI=1S/C12H18O.C6H13O10P/c1-8(2)10-6-5-7-11(9(3)4)12(10)13;7-2(1-16-17(13,14)15)3(8)4(9)5(10)6(11)12/h5-9,13H,1-4H3;2-5,7-10H,1H2,(H,11,12)(H2,13,14,15). The van der Waals surface area contributed by atoms with Crippen LogP contribution in [0.15, 0.2) is 18.2 Å². The number of phenolic OH excluding ortho intramolecular Hbond substituents is 1. The van der Waals surface area contributed by atoms with Gasteiger partial charge in [-0.2, -0.15) is 0 Å². The molecular formula is C18H31O11P. The Morgan fingerprint density at radius 2 is 1.40 bits per heavy atom. The van der Waals surface area contributed by atoms with Crippen LogP contribution in [0.3, 0.4) is 0 Å². The van der Waals surface area contributed by atoms with E-state index in [0.29, 0.717) is 17.6 Å². The van der Waals surface area contributed by atoms with Gasteiger partial charge in [0, 0.05) is 0 Å². The van der Waals surface area contributed by atoms with E-state index >= 15 is 0 Å². The zero-order chi connectivity index (χ0) is 23.8. The molecule has 0 aliphatic carbocycles. The smallest absolute Gasteiger partial charge is 0.469 e. The van der Waals surface area contributed by atoms with Gasteiger partial charge >= 0.3 is 13.8 Å². The predicted molar refractivity (Wildman–Crippen MR) is 106 cm³/mol. The van der Waals surface area contributed by atoms with E-state index in [1.807, 2.05) is 18.2 Å². The van der Waals surface area contributed by atoms with Crippen LogP contribution in [0.25, 0.3) is 0 Å². The van der Waals surface area contributed by atoms with Crippen LogP contribution in [-0.4, -0.2) is 77.4 Å². The molecule has 4 atom stereocenters. The first-order chi connectivity index (χ1) is 13.6. The van der Waals surface area contributed by atoms with Crippen LogP contribution >= 0.6 is 7.82 Å². The van der Waals surface area contributed by atoms with E-state index in [9.17, 15) is 14.5 Å². The number of phosphoric ester groups is 1. The second-order valence-corrected chi connectivity index (χ2v) is 8.45. The van der Waals surface area contributed by atoms with Crippen molar-refractivity contribution in [3.63, 3.8) is 0 Å². The monoisotopic (exact) mass is 454 g/mol. The van der Waals surface area contributed by atoms with Crippen LogP contribution in [0.5, 0.6) is 5.75 Å². The van der Waals surface area contributed by atoms with Gasteiger partial charge < -0.3 is 40.4 Å². The Morgan fingerprint density at radius 1 is 0.967 bits per heavy atom. The lowest BCUT2D eigenvalue weighted by Crippen LogP contribution is -2.48. The lowest BCUT2D eigenvalue weighted by Gasteiger charge is -2.24. The van der Waals surface area contributed by atoms with Crippen molar-refractivity contribution in [1.82, 2.24) is 0 Å². The first-order valence-corrected chi connectivity index (χ1v) is 10.6. The second kappa shape index (κ2) is 12.3. The van der Waals surface area contributed by atoms with Crippen LogP contribution < -0.4 is 0 Å². The molecule has 0 saturated heterocycles. The Kier molecular flexibility index (Phi) is 11.7. The number of phenols is 1. The maximum absolute atomic E-state index is 10.2. The number of para-hydroxylation sites is 1. The molecule has 174 valence electrons. The molecule has 0 amide bonds. The molecule has 1 aromatic rings. The highest BCUT2D eigenvalue weighted by molar-refractivity contribution is 7.46. The van der Waals surface area contributed by atoms with Crippen molar-refractivity contribution >= 4 is 13.8 Å². The number of hydrogen-bond acceptors (Lipinski definition) is 8. The molecule has 12 heteroatoms. The van der Waals surface area contributed by atoms with Gasteiger partial charge in [0.15, 0.2) is 6.10 Å². The van der Waals surface area contributed by atoms with Crippen LogP contribution in [0, 0.1) is 0 Å².